The quantitative estimate of drug-likeness (QED) is 0.555. The summed E-state index contributed by atoms with van der Waals surface area (Å²) in [7, 11) is 0. The van der Waals surface area contributed by atoms with Gasteiger partial charge in [0.25, 0.3) is 0 Å². The normalized spacial score (nSPS) is 12.0. The van der Waals surface area contributed by atoms with Gasteiger partial charge in [0.05, 0.1) is 0 Å². The van der Waals surface area contributed by atoms with Crippen LogP contribution >= 0.6 is 0 Å². The Kier molecular flexibility index (Phi) is 8.26. The van der Waals surface area contributed by atoms with Crippen LogP contribution in [0.25, 0.3) is 0 Å². The van der Waals surface area contributed by atoms with Gasteiger partial charge in [0.1, 0.15) is 0 Å². The molecular formula is C13H28N. The zero-order chi connectivity index (χ0) is 10.9. The third-order valence-electron chi connectivity index (χ3n) is 3.05. The second-order valence-electron chi connectivity index (χ2n) is 4.53. The minimum Gasteiger partial charge on any atom is -0.325 e. The fourth-order valence-corrected chi connectivity index (χ4v) is 1.83. The monoisotopic (exact) mass is 198 g/mol. The van der Waals surface area contributed by atoms with Crippen LogP contribution in [0.1, 0.15) is 71.6 Å². The molecule has 0 rings (SSSR count). The van der Waals surface area contributed by atoms with Gasteiger partial charge in [-0.1, -0.05) is 59.3 Å². The van der Waals surface area contributed by atoms with Crippen LogP contribution in [0.4, 0.5) is 0 Å². The minimum absolute atomic E-state index is 0.0321. The molecule has 1 radical (unpaired) electrons. The molecule has 0 aromatic carbocycles. The summed E-state index contributed by atoms with van der Waals surface area (Å²) in [6, 6.07) is 0. The SMILES string of the molecule is [CH2]CC(N)(CCCCC)CCCCC. The predicted octanol–water partition coefficient (Wildman–Crippen LogP) is 4.07. The van der Waals surface area contributed by atoms with E-state index in [1.807, 2.05) is 0 Å². The molecule has 1 heteroatoms. The molecule has 0 bridgehead atoms. The highest BCUT2D eigenvalue weighted by Crippen LogP contribution is 2.22. The molecule has 1 nitrogen and oxygen atoms in total. The Hall–Kier alpha value is -0.0400. The van der Waals surface area contributed by atoms with E-state index in [-0.39, 0.29) is 5.54 Å². The van der Waals surface area contributed by atoms with Crippen molar-refractivity contribution >= 4 is 0 Å². The second kappa shape index (κ2) is 8.28. The average Bonchev–Trinajstić information content (AvgIpc) is 2.19. The van der Waals surface area contributed by atoms with Gasteiger partial charge in [-0.3, -0.25) is 0 Å². The summed E-state index contributed by atoms with van der Waals surface area (Å²) in [5, 5.41) is 0. The molecule has 0 spiro atoms. The molecule has 2 N–H and O–H groups in total. The second-order valence-corrected chi connectivity index (χ2v) is 4.53. The molecule has 0 saturated carbocycles. The lowest BCUT2D eigenvalue weighted by Crippen LogP contribution is -2.39. The van der Waals surface area contributed by atoms with Crippen molar-refractivity contribution in [3.63, 3.8) is 0 Å². The van der Waals surface area contributed by atoms with E-state index in [4.69, 9.17) is 5.73 Å². The molecule has 0 heterocycles. The van der Waals surface area contributed by atoms with Crippen LogP contribution < -0.4 is 5.73 Å². The fraction of sp³-hybridized carbons (Fsp3) is 0.923. The summed E-state index contributed by atoms with van der Waals surface area (Å²) in [5.74, 6) is 0. The van der Waals surface area contributed by atoms with Gasteiger partial charge in [-0.25, -0.2) is 0 Å². The van der Waals surface area contributed by atoms with Crippen LogP contribution in [-0.2, 0) is 0 Å². The Morgan fingerprint density at radius 3 is 1.64 bits per heavy atom. The van der Waals surface area contributed by atoms with Crippen molar-refractivity contribution in [2.75, 3.05) is 0 Å². The van der Waals surface area contributed by atoms with Crippen LogP contribution in [0.5, 0.6) is 0 Å². The van der Waals surface area contributed by atoms with Crippen molar-refractivity contribution in [3.05, 3.63) is 6.92 Å². The summed E-state index contributed by atoms with van der Waals surface area (Å²) in [5.41, 5.74) is 6.35. The first-order valence-corrected chi connectivity index (χ1v) is 6.26. The van der Waals surface area contributed by atoms with Gasteiger partial charge in [0.15, 0.2) is 0 Å². The standard InChI is InChI=1S/C13H28N/c1-4-7-9-11-13(14,6-3)12-10-8-5-2/h3-12,14H2,1-2H3. The van der Waals surface area contributed by atoms with Gasteiger partial charge in [-0.15, -0.1) is 0 Å². The Balaban J connectivity index is 3.67. The third-order valence-corrected chi connectivity index (χ3v) is 3.05. The van der Waals surface area contributed by atoms with Crippen LogP contribution in [0.2, 0.25) is 0 Å². The zero-order valence-electron chi connectivity index (χ0n) is 10.1. The van der Waals surface area contributed by atoms with Crippen LogP contribution in [0.3, 0.4) is 0 Å². The largest absolute Gasteiger partial charge is 0.325 e. The van der Waals surface area contributed by atoms with Crippen LogP contribution in [0.15, 0.2) is 0 Å². The minimum atomic E-state index is 0.0321. The van der Waals surface area contributed by atoms with Crippen molar-refractivity contribution < 1.29 is 0 Å². The van der Waals surface area contributed by atoms with E-state index in [0.29, 0.717) is 0 Å². The van der Waals surface area contributed by atoms with E-state index < -0.39 is 0 Å². The maximum Gasteiger partial charge on any atom is 0.0154 e. The highest BCUT2D eigenvalue weighted by molar-refractivity contribution is 4.84. The lowest BCUT2D eigenvalue weighted by Gasteiger charge is -2.28. The van der Waals surface area contributed by atoms with E-state index in [1.54, 1.807) is 0 Å². The highest BCUT2D eigenvalue weighted by Gasteiger charge is 2.20. The molecule has 0 aromatic heterocycles. The topological polar surface area (TPSA) is 26.0 Å². The third kappa shape index (κ3) is 6.42. The predicted molar refractivity (Wildman–Crippen MR) is 65.2 cm³/mol. The summed E-state index contributed by atoms with van der Waals surface area (Å²) >= 11 is 0. The zero-order valence-corrected chi connectivity index (χ0v) is 10.1. The van der Waals surface area contributed by atoms with Crippen molar-refractivity contribution in [2.24, 2.45) is 5.73 Å². The van der Waals surface area contributed by atoms with Crippen molar-refractivity contribution in [2.45, 2.75) is 77.2 Å². The van der Waals surface area contributed by atoms with Gasteiger partial charge in [-0.05, 0) is 19.3 Å². The van der Waals surface area contributed by atoms with Gasteiger partial charge in [0, 0.05) is 5.54 Å². The molecular weight excluding hydrogens is 170 g/mol. The Bertz CT molecular complexity index is 110. The van der Waals surface area contributed by atoms with E-state index in [2.05, 4.69) is 20.8 Å². The molecule has 0 amide bonds. The van der Waals surface area contributed by atoms with E-state index in [9.17, 15) is 0 Å². The van der Waals surface area contributed by atoms with Crippen LogP contribution in [-0.4, -0.2) is 5.54 Å². The molecule has 0 aliphatic heterocycles. The fourth-order valence-electron chi connectivity index (χ4n) is 1.83. The highest BCUT2D eigenvalue weighted by atomic mass is 14.7. The molecule has 0 fully saturated rings. The van der Waals surface area contributed by atoms with Gasteiger partial charge in [-0.2, -0.15) is 0 Å². The van der Waals surface area contributed by atoms with Gasteiger partial charge < -0.3 is 5.73 Å². The lowest BCUT2D eigenvalue weighted by molar-refractivity contribution is 0.340. The van der Waals surface area contributed by atoms with Crippen molar-refractivity contribution in [1.82, 2.24) is 0 Å². The Labute approximate surface area is 90.5 Å². The number of nitrogens with two attached hydrogens (primary N) is 1. The van der Waals surface area contributed by atoms with Gasteiger partial charge in [0.2, 0.25) is 0 Å². The first-order valence-electron chi connectivity index (χ1n) is 6.26. The molecule has 14 heavy (non-hydrogen) atoms. The number of hydrogen-bond donors (Lipinski definition) is 1. The number of unbranched alkanes of at least 4 members (excludes halogenated alkanes) is 4. The lowest BCUT2D eigenvalue weighted by atomic mass is 9.85. The van der Waals surface area contributed by atoms with Gasteiger partial charge >= 0.3 is 0 Å². The van der Waals surface area contributed by atoms with E-state index in [1.165, 1.54) is 38.5 Å². The van der Waals surface area contributed by atoms with E-state index in [0.717, 1.165) is 19.3 Å². The summed E-state index contributed by atoms with van der Waals surface area (Å²) in [6.07, 6.45) is 10.9. The first kappa shape index (κ1) is 14.0. The smallest absolute Gasteiger partial charge is 0.0154 e. The van der Waals surface area contributed by atoms with Crippen LogP contribution in [0, 0.1) is 6.92 Å². The molecule has 0 aromatic rings. The molecule has 0 aliphatic carbocycles. The summed E-state index contributed by atoms with van der Waals surface area (Å²) < 4.78 is 0. The average molecular weight is 198 g/mol. The van der Waals surface area contributed by atoms with Crippen molar-refractivity contribution in [3.8, 4) is 0 Å². The summed E-state index contributed by atoms with van der Waals surface area (Å²) in [4.78, 5) is 0. The first-order chi connectivity index (χ1) is 6.68. The number of hydrogen-bond acceptors (Lipinski definition) is 1. The molecule has 85 valence electrons. The number of rotatable bonds is 9. The summed E-state index contributed by atoms with van der Waals surface area (Å²) in [6.45, 7) is 8.46. The molecule has 0 atom stereocenters. The maximum absolute atomic E-state index is 6.32. The Morgan fingerprint density at radius 1 is 0.929 bits per heavy atom. The molecule has 0 aliphatic rings. The van der Waals surface area contributed by atoms with Crippen molar-refractivity contribution in [1.29, 1.82) is 0 Å². The maximum atomic E-state index is 6.32. The molecule has 0 saturated heterocycles. The molecule has 0 unspecified atom stereocenters. The van der Waals surface area contributed by atoms with E-state index >= 15 is 0 Å². The Morgan fingerprint density at radius 2 is 1.36 bits per heavy atom.